The molecule has 4 N–H and O–H groups in total. The molecule has 28 heavy (non-hydrogen) atoms. The molecular weight excluding hydrogens is 360 g/mol. The van der Waals surface area contributed by atoms with Crippen molar-refractivity contribution >= 4 is 11.9 Å². The quantitative estimate of drug-likeness (QED) is 0.405. The molecule has 0 spiro atoms. The van der Waals surface area contributed by atoms with Crippen LogP contribution in [0.25, 0.3) is 0 Å². The summed E-state index contributed by atoms with van der Waals surface area (Å²) in [5, 5.41) is 22.2. The van der Waals surface area contributed by atoms with Gasteiger partial charge in [-0.05, 0) is 42.9 Å². The van der Waals surface area contributed by atoms with Gasteiger partial charge in [-0.15, -0.1) is 5.10 Å². The lowest BCUT2D eigenvalue weighted by molar-refractivity contribution is -0.131. The topological polar surface area (TPSA) is 121 Å². The Bertz CT molecular complexity index is 798. The summed E-state index contributed by atoms with van der Waals surface area (Å²) in [6.07, 6.45) is 2.18. The second kappa shape index (κ2) is 9.84. The minimum absolute atomic E-state index is 0.174. The van der Waals surface area contributed by atoms with Crippen molar-refractivity contribution in [3.8, 4) is 0 Å². The van der Waals surface area contributed by atoms with Crippen LogP contribution in [0.3, 0.4) is 0 Å². The number of carbonyl (C=O) groups is 2. The van der Waals surface area contributed by atoms with Crippen molar-refractivity contribution in [2.75, 3.05) is 0 Å². The minimum atomic E-state index is -0.815. The van der Waals surface area contributed by atoms with Gasteiger partial charge >= 0.3 is 6.03 Å². The molecule has 0 saturated carbocycles. The maximum atomic E-state index is 12.1. The molecule has 9 heteroatoms. The van der Waals surface area contributed by atoms with Crippen LogP contribution in [-0.4, -0.2) is 38.2 Å². The van der Waals surface area contributed by atoms with Crippen molar-refractivity contribution < 1.29 is 14.8 Å². The lowest BCUT2D eigenvalue weighted by atomic mass is 10.0. The average molecular weight is 388 g/mol. The highest BCUT2D eigenvalue weighted by molar-refractivity contribution is 5.86. The summed E-state index contributed by atoms with van der Waals surface area (Å²) in [6.45, 7) is 8.74. The number of hydrogen-bond donors (Lipinski definition) is 4. The average Bonchev–Trinajstić information content (AvgIpc) is 3.09. The summed E-state index contributed by atoms with van der Waals surface area (Å²) in [5.74, 6) is -0.476. The molecule has 0 unspecified atom stereocenters. The van der Waals surface area contributed by atoms with Gasteiger partial charge in [-0.1, -0.05) is 37.3 Å². The number of carbonyl (C=O) groups excluding carboxylic acids is 2. The first kappa shape index (κ1) is 21.4. The van der Waals surface area contributed by atoms with E-state index < -0.39 is 18.0 Å². The molecule has 2 aromatic rings. The molecule has 0 aliphatic rings. The summed E-state index contributed by atoms with van der Waals surface area (Å²) < 4.78 is 1.73. The van der Waals surface area contributed by atoms with E-state index in [2.05, 4.69) is 46.9 Å². The first-order valence-corrected chi connectivity index (χ1v) is 9.22. The Morgan fingerprint density at radius 3 is 2.50 bits per heavy atom. The molecule has 1 atom stereocenters. The van der Waals surface area contributed by atoms with Crippen LogP contribution in [0, 0.1) is 19.8 Å². The highest BCUT2D eigenvalue weighted by Gasteiger charge is 2.21. The third-order valence-corrected chi connectivity index (χ3v) is 4.42. The molecule has 1 aromatic carbocycles. The van der Waals surface area contributed by atoms with Crippen LogP contribution >= 0.6 is 0 Å². The fourth-order valence-electron chi connectivity index (χ4n) is 2.92. The number of aromatic nitrogens is 3. The molecule has 0 radical (unpaired) electrons. The summed E-state index contributed by atoms with van der Waals surface area (Å²) >= 11 is 0. The Morgan fingerprint density at radius 1 is 1.21 bits per heavy atom. The number of hydroxylamine groups is 1. The van der Waals surface area contributed by atoms with E-state index in [1.54, 1.807) is 16.4 Å². The van der Waals surface area contributed by atoms with Gasteiger partial charge in [0.2, 0.25) is 0 Å². The van der Waals surface area contributed by atoms with Crippen molar-refractivity contribution in [2.45, 2.75) is 53.2 Å². The van der Waals surface area contributed by atoms with E-state index in [9.17, 15) is 9.59 Å². The number of rotatable bonds is 8. The summed E-state index contributed by atoms with van der Waals surface area (Å²) in [7, 11) is 0. The van der Waals surface area contributed by atoms with E-state index >= 15 is 0 Å². The van der Waals surface area contributed by atoms with E-state index in [0.717, 1.165) is 0 Å². The van der Waals surface area contributed by atoms with Crippen molar-refractivity contribution in [2.24, 2.45) is 5.92 Å². The fraction of sp³-hybridized carbons (Fsp3) is 0.474. The zero-order chi connectivity index (χ0) is 20.7. The molecule has 1 aromatic heterocycles. The third kappa shape index (κ3) is 6.05. The Morgan fingerprint density at radius 2 is 1.89 bits per heavy atom. The van der Waals surface area contributed by atoms with Crippen molar-refractivity contribution in [3.05, 3.63) is 46.8 Å². The summed E-state index contributed by atoms with van der Waals surface area (Å²) in [5.41, 5.74) is 5.75. The van der Waals surface area contributed by atoms with Gasteiger partial charge < -0.3 is 10.6 Å². The second-order valence-corrected chi connectivity index (χ2v) is 7.26. The SMILES string of the molecule is Cc1cccc(C)c1Cn1cc(CNC(=O)N[C@@H](CC(C)C)C(=O)NO)nn1. The molecule has 9 nitrogen and oxygen atoms in total. The van der Waals surface area contributed by atoms with Crippen LogP contribution in [0.5, 0.6) is 0 Å². The minimum Gasteiger partial charge on any atom is -0.332 e. The normalized spacial score (nSPS) is 11.9. The monoisotopic (exact) mass is 388 g/mol. The molecule has 152 valence electrons. The van der Waals surface area contributed by atoms with Gasteiger partial charge in [0.25, 0.3) is 5.91 Å². The number of hydrogen-bond acceptors (Lipinski definition) is 5. The number of nitrogens with zero attached hydrogens (tertiary/aromatic N) is 3. The number of nitrogens with one attached hydrogen (secondary N) is 3. The van der Waals surface area contributed by atoms with E-state index in [0.29, 0.717) is 18.7 Å². The highest BCUT2D eigenvalue weighted by atomic mass is 16.5. The van der Waals surface area contributed by atoms with Crippen LogP contribution < -0.4 is 16.1 Å². The first-order chi connectivity index (χ1) is 13.3. The molecular formula is C19H28N6O3. The Balaban J connectivity index is 1.91. The van der Waals surface area contributed by atoms with E-state index in [1.165, 1.54) is 16.7 Å². The fourth-order valence-corrected chi connectivity index (χ4v) is 2.92. The predicted octanol–water partition coefficient (Wildman–Crippen LogP) is 1.66. The van der Waals surface area contributed by atoms with Crippen LogP contribution in [0.1, 0.15) is 42.7 Å². The van der Waals surface area contributed by atoms with Gasteiger partial charge in [0, 0.05) is 0 Å². The van der Waals surface area contributed by atoms with Gasteiger partial charge in [-0.25, -0.2) is 15.0 Å². The van der Waals surface area contributed by atoms with Crippen LogP contribution in [0.2, 0.25) is 0 Å². The first-order valence-electron chi connectivity index (χ1n) is 9.22. The zero-order valence-electron chi connectivity index (χ0n) is 16.7. The van der Waals surface area contributed by atoms with Gasteiger partial charge in [0.1, 0.15) is 11.7 Å². The highest BCUT2D eigenvalue weighted by Crippen LogP contribution is 2.14. The Kier molecular flexibility index (Phi) is 7.51. The van der Waals surface area contributed by atoms with Gasteiger partial charge in [0.05, 0.1) is 19.3 Å². The number of benzene rings is 1. The molecule has 2 rings (SSSR count). The smallest absolute Gasteiger partial charge is 0.315 e. The molecule has 1 heterocycles. The zero-order valence-corrected chi connectivity index (χ0v) is 16.7. The standard InChI is InChI=1S/C19H28N6O3/c1-12(2)8-17(18(26)23-28)21-19(27)20-9-15-10-25(24-22-15)11-16-13(3)6-5-7-14(16)4/h5-7,10,12,17,28H,8-9,11H2,1-4H3,(H,23,26)(H2,20,21,27)/t17-/m0/s1. The van der Waals surface area contributed by atoms with Crippen molar-refractivity contribution in [3.63, 3.8) is 0 Å². The Labute approximate surface area is 164 Å². The van der Waals surface area contributed by atoms with E-state index in [-0.39, 0.29) is 12.5 Å². The van der Waals surface area contributed by atoms with Gasteiger partial charge in [-0.2, -0.15) is 0 Å². The predicted molar refractivity (Wildman–Crippen MR) is 104 cm³/mol. The van der Waals surface area contributed by atoms with Crippen molar-refractivity contribution in [1.29, 1.82) is 0 Å². The Hall–Kier alpha value is -2.94. The molecule has 0 saturated heterocycles. The maximum Gasteiger partial charge on any atom is 0.315 e. The maximum absolute atomic E-state index is 12.1. The van der Waals surface area contributed by atoms with Gasteiger partial charge in [0.15, 0.2) is 0 Å². The largest absolute Gasteiger partial charge is 0.332 e. The third-order valence-electron chi connectivity index (χ3n) is 4.42. The lowest BCUT2D eigenvalue weighted by Gasteiger charge is -2.18. The lowest BCUT2D eigenvalue weighted by Crippen LogP contribution is -2.49. The van der Waals surface area contributed by atoms with Crippen molar-refractivity contribution in [1.82, 2.24) is 31.1 Å². The number of aryl methyl sites for hydroxylation is 2. The summed E-state index contributed by atoms with van der Waals surface area (Å²) in [6, 6.07) is 4.81. The second-order valence-electron chi connectivity index (χ2n) is 7.26. The van der Waals surface area contributed by atoms with Crippen LogP contribution in [0.4, 0.5) is 4.79 Å². The van der Waals surface area contributed by atoms with E-state index in [4.69, 9.17) is 5.21 Å². The number of urea groups is 1. The molecule has 0 fully saturated rings. The van der Waals surface area contributed by atoms with Crippen LogP contribution in [-0.2, 0) is 17.9 Å². The molecule has 3 amide bonds. The molecule has 0 aliphatic heterocycles. The molecule has 0 aliphatic carbocycles. The van der Waals surface area contributed by atoms with E-state index in [1.807, 2.05) is 19.9 Å². The summed E-state index contributed by atoms with van der Waals surface area (Å²) in [4.78, 5) is 23.7. The molecule has 0 bridgehead atoms. The number of amides is 3. The van der Waals surface area contributed by atoms with Crippen LogP contribution in [0.15, 0.2) is 24.4 Å². The van der Waals surface area contributed by atoms with Gasteiger partial charge in [-0.3, -0.25) is 10.0 Å².